The Balaban J connectivity index is 1.66. The molecule has 9 heteroatoms. The molecule has 0 unspecified atom stereocenters. The van der Waals surface area contributed by atoms with Gasteiger partial charge in [-0.05, 0) is 45.7 Å². The van der Waals surface area contributed by atoms with E-state index < -0.39 is 24.9 Å². The molecule has 1 aromatic heterocycles. The van der Waals surface area contributed by atoms with Crippen molar-refractivity contribution < 1.29 is 27.6 Å². The molecular formula is C18H23BF2N2O4. The molecule has 3 rings (SSSR count). The van der Waals surface area contributed by atoms with Crippen molar-refractivity contribution in [3.05, 3.63) is 35.4 Å². The molecule has 0 bridgehead atoms. The molecule has 6 nitrogen and oxygen atoms in total. The Kier molecular flexibility index (Phi) is 5.27. The van der Waals surface area contributed by atoms with Crippen LogP contribution in [0.15, 0.2) is 29.9 Å². The zero-order valence-corrected chi connectivity index (χ0v) is 15.9. The third-order valence-corrected chi connectivity index (χ3v) is 5.28. The number of pyridine rings is 1. The zero-order chi connectivity index (χ0) is 19.8. The summed E-state index contributed by atoms with van der Waals surface area (Å²) in [6, 6.07) is 2.70. The summed E-state index contributed by atoms with van der Waals surface area (Å²) in [5, 5.41) is 0. The number of amides is 1. The summed E-state index contributed by atoms with van der Waals surface area (Å²) >= 11 is 0. The number of halogens is 2. The summed E-state index contributed by atoms with van der Waals surface area (Å²) in [5.74, 6) is -0.540. The average molecular weight is 380 g/mol. The topological polar surface area (TPSA) is 60.9 Å². The Bertz CT molecular complexity index is 739. The molecule has 1 fully saturated rings. The molecule has 146 valence electrons. The number of carbonyl (C=O) groups is 1. The van der Waals surface area contributed by atoms with Crippen molar-refractivity contribution in [2.24, 2.45) is 0 Å². The van der Waals surface area contributed by atoms with Crippen molar-refractivity contribution >= 4 is 13.0 Å². The average Bonchev–Trinajstić information content (AvgIpc) is 2.82. The van der Waals surface area contributed by atoms with Crippen LogP contribution < -0.4 is 4.74 Å². The highest BCUT2D eigenvalue weighted by atomic mass is 19.3. The van der Waals surface area contributed by atoms with Crippen molar-refractivity contribution in [1.29, 1.82) is 0 Å². The maximum atomic E-state index is 12.6. The summed E-state index contributed by atoms with van der Waals surface area (Å²) in [4.78, 5) is 18.0. The smallest absolute Gasteiger partial charge is 0.417 e. The van der Waals surface area contributed by atoms with Crippen LogP contribution in [0.5, 0.6) is 5.88 Å². The van der Waals surface area contributed by atoms with E-state index in [4.69, 9.17) is 9.31 Å². The van der Waals surface area contributed by atoms with Gasteiger partial charge in [-0.25, -0.2) is 4.98 Å². The van der Waals surface area contributed by atoms with E-state index in [1.54, 1.807) is 4.90 Å². The van der Waals surface area contributed by atoms with E-state index >= 15 is 0 Å². The standard InChI is InChI=1S/C18H23BF2N2O4/c1-17(2)18(3,4)27-19(26-17)13-6-9-23(10-7-13)15(24)12-5-8-22-14(11-12)25-16(20)21/h5-6,8,11,16H,7,9-10H2,1-4H3. The highest BCUT2D eigenvalue weighted by Crippen LogP contribution is 2.39. The molecule has 0 aliphatic carbocycles. The number of alkyl halides is 2. The Labute approximate surface area is 157 Å². The van der Waals surface area contributed by atoms with Crippen LogP contribution in [-0.2, 0) is 9.31 Å². The van der Waals surface area contributed by atoms with Gasteiger partial charge in [0.1, 0.15) is 0 Å². The molecular weight excluding hydrogens is 357 g/mol. The first-order valence-electron chi connectivity index (χ1n) is 8.84. The van der Waals surface area contributed by atoms with Crippen molar-refractivity contribution in [2.75, 3.05) is 13.1 Å². The zero-order valence-electron chi connectivity index (χ0n) is 15.9. The van der Waals surface area contributed by atoms with Gasteiger partial charge in [0.25, 0.3) is 5.91 Å². The minimum absolute atomic E-state index is 0.258. The molecule has 1 amide bonds. The Morgan fingerprint density at radius 2 is 1.96 bits per heavy atom. The molecule has 0 spiro atoms. The van der Waals surface area contributed by atoms with Gasteiger partial charge in [-0.1, -0.05) is 6.08 Å². The number of aromatic nitrogens is 1. The lowest BCUT2D eigenvalue weighted by Gasteiger charge is -2.32. The van der Waals surface area contributed by atoms with E-state index in [9.17, 15) is 13.6 Å². The number of nitrogens with zero attached hydrogens (tertiary/aromatic N) is 2. The third-order valence-electron chi connectivity index (χ3n) is 5.28. The van der Waals surface area contributed by atoms with Gasteiger partial charge in [0.05, 0.1) is 11.2 Å². The maximum Gasteiger partial charge on any atom is 0.490 e. The number of hydrogen-bond acceptors (Lipinski definition) is 5. The Morgan fingerprint density at radius 1 is 1.30 bits per heavy atom. The minimum Gasteiger partial charge on any atom is -0.417 e. The number of hydrogen-bond donors (Lipinski definition) is 0. The van der Waals surface area contributed by atoms with Crippen LogP contribution in [0.1, 0.15) is 44.5 Å². The molecule has 0 saturated carbocycles. The predicted octanol–water partition coefficient (Wildman–Crippen LogP) is 3.09. The quantitative estimate of drug-likeness (QED) is 0.752. The first-order valence-corrected chi connectivity index (χ1v) is 8.84. The summed E-state index contributed by atoms with van der Waals surface area (Å²) in [6.07, 6.45) is 3.83. The van der Waals surface area contributed by atoms with Crippen molar-refractivity contribution in [2.45, 2.75) is 51.9 Å². The Hall–Kier alpha value is -2.00. The lowest BCUT2D eigenvalue weighted by Crippen LogP contribution is -2.41. The second-order valence-corrected chi connectivity index (χ2v) is 7.63. The van der Waals surface area contributed by atoms with Crippen molar-refractivity contribution in [3.63, 3.8) is 0 Å². The normalized spacial score (nSPS) is 21.4. The summed E-state index contributed by atoms with van der Waals surface area (Å²) < 4.78 is 41.0. The minimum atomic E-state index is -2.98. The van der Waals surface area contributed by atoms with Crippen molar-refractivity contribution in [1.82, 2.24) is 9.88 Å². The maximum absolute atomic E-state index is 12.6. The highest BCUT2D eigenvalue weighted by molar-refractivity contribution is 6.54. The molecule has 1 saturated heterocycles. The van der Waals surface area contributed by atoms with Crippen LogP contribution in [-0.4, -0.2) is 53.8 Å². The van der Waals surface area contributed by atoms with Crippen LogP contribution in [0.4, 0.5) is 8.78 Å². The monoisotopic (exact) mass is 380 g/mol. The van der Waals surface area contributed by atoms with Crippen LogP contribution in [0.2, 0.25) is 0 Å². The second-order valence-electron chi connectivity index (χ2n) is 7.63. The second kappa shape index (κ2) is 7.20. The summed E-state index contributed by atoms with van der Waals surface area (Å²) in [5.41, 5.74) is 0.440. The van der Waals surface area contributed by atoms with Crippen LogP contribution in [0.25, 0.3) is 0 Å². The molecule has 0 N–H and O–H groups in total. The summed E-state index contributed by atoms with van der Waals surface area (Å²) in [7, 11) is -0.417. The van der Waals surface area contributed by atoms with E-state index in [1.165, 1.54) is 18.3 Å². The first-order chi connectivity index (χ1) is 12.6. The molecule has 0 atom stereocenters. The molecule has 1 aromatic rings. The molecule has 2 aliphatic heterocycles. The molecule has 2 aliphatic rings. The molecule has 3 heterocycles. The van der Waals surface area contributed by atoms with Gasteiger partial charge < -0.3 is 18.9 Å². The van der Waals surface area contributed by atoms with E-state index in [2.05, 4.69) is 9.72 Å². The van der Waals surface area contributed by atoms with Crippen LogP contribution >= 0.6 is 0 Å². The number of rotatable bonds is 4. The lowest BCUT2D eigenvalue weighted by molar-refractivity contribution is -0.0529. The summed E-state index contributed by atoms with van der Waals surface area (Å²) in [6.45, 7) is 5.88. The van der Waals surface area contributed by atoms with Crippen LogP contribution in [0.3, 0.4) is 0 Å². The SMILES string of the molecule is CC1(C)OB(C2=CCN(C(=O)c3ccnc(OC(F)F)c3)CC2)OC1(C)C. The van der Waals surface area contributed by atoms with Crippen molar-refractivity contribution in [3.8, 4) is 5.88 Å². The molecule has 0 aromatic carbocycles. The van der Waals surface area contributed by atoms with Gasteiger partial charge in [-0.15, -0.1) is 0 Å². The lowest BCUT2D eigenvalue weighted by atomic mass is 9.74. The van der Waals surface area contributed by atoms with Gasteiger partial charge in [-0.3, -0.25) is 4.79 Å². The van der Waals surface area contributed by atoms with E-state index in [1.807, 2.05) is 33.8 Å². The van der Waals surface area contributed by atoms with Gasteiger partial charge in [-0.2, -0.15) is 8.78 Å². The first kappa shape index (κ1) is 19.8. The predicted molar refractivity (Wildman–Crippen MR) is 95.6 cm³/mol. The third kappa shape index (κ3) is 4.14. The number of ether oxygens (including phenoxy) is 1. The van der Waals surface area contributed by atoms with Gasteiger partial charge in [0.15, 0.2) is 0 Å². The van der Waals surface area contributed by atoms with E-state index in [-0.39, 0.29) is 17.4 Å². The van der Waals surface area contributed by atoms with E-state index in [0.717, 1.165) is 5.47 Å². The largest absolute Gasteiger partial charge is 0.490 e. The fourth-order valence-electron chi connectivity index (χ4n) is 2.96. The fourth-order valence-corrected chi connectivity index (χ4v) is 2.96. The van der Waals surface area contributed by atoms with Gasteiger partial charge in [0, 0.05) is 30.9 Å². The van der Waals surface area contributed by atoms with Gasteiger partial charge in [0.2, 0.25) is 5.88 Å². The van der Waals surface area contributed by atoms with Crippen LogP contribution in [0, 0.1) is 0 Å². The molecule has 0 radical (unpaired) electrons. The highest BCUT2D eigenvalue weighted by Gasteiger charge is 2.52. The fraction of sp³-hybridized carbons (Fsp3) is 0.556. The molecule has 27 heavy (non-hydrogen) atoms. The van der Waals surface area contributed by atoms with E-state index in [0.29, 0.717) is 19.5 Å². The number of carbonyl (C=O) groups excluding carboxylic acids is 1. The Morgan fingerprint density at radius 3 is 2.52 bits per heavy atom. The van der Waals surface area contributed by atoms with Gasteiger partial charge >= 0.3 is 13.7 Å².